The molecule has 0 aromatic carbocycles. The average molecular weight is 304 g/mol. The van der Waals surface area contributed by atoms with Crippen molar-refractivity contribution in [2.45, 2.75) is 19.1 Å². The summed E-state index contributed by atoms with van der Waals surface area (Å²) in [6.07, 6.45) is 1.61. The average Bonchev–Trinajstić information content (AvgIpc) is 2.35. The maximum absolute atomic E-state index is 12.0. The number of pyridine rings is 1. The molecular weight excluding hydrogens is 286 g/mol. The van der Waals surface area contributed by atoms with Gasteiger partial charge in [0.1, 0.15) is 11.0 Å². The van der Waals surface area contributed by atoms with E-state index in [0.717, 1.165) is 0 Å². The van der Waals surface area contributed by atoms with E-state index < -0.39 is 10.8 Å². The highest BCUT2D eigenvalue weighted by Gasteiger charge is 2.12. The molecule has 7 heteroatoms. The van der Waals surface area contributed by atoms with E-state index in [2.05, 4.69) is 15.6 Å². The number of rotatable bonds is 6. The Morgan fingerprint density at radius 3 is 2.79 bits per heavy atom. The fourth-order valence-electron chi connectivity index (χ4n) is 1.36. The Bertz CT molecular complexity index is 482. The summed E-state index contributed by atoms with van der Waals surface area (Å²) in [7, 11) is -0.960. The minimum absolute atomic E-state index is 0.0884. The van der Waals surface area contributed by atoms with Crippen molar-refractivity contribution in [2.75, 3.05) is 24.7 Å². The van der Waals surface area contributed by atoms with E-state index >= 15 is 0 Å². The van der Waals surface area contributed by atoms with Gasteiger partial charge in [0.05, 0.1) is 0 Å². The molecule has 19 heavy (non-hydrogen) atoms. The van der Waals surface area contributed by atoms with Gasteiger partial charge in [0, 0.05) is 41.0 Å². The van der Waals surface area contributed by atoms with Crippen molar-refractivity contribution >= 4 is 34.1 Å². The van der Waals surface area contributed by atoms with Gasteiger partial charge in [-0.2, -0.15) is 0 Å². The van der Waals surface area contributed by atoms with Gasteiger partial charge in [0.15, 0.2) is 0 Å². The molecule has 0 fully saturated rings. The number of hydrogen-bond donors (Lipinski definition) is 2. The fourth-order valence-corrected chi connectivity index (χ4v) is 1.88. The maximum Gasteiger partial charge on any atom is 0.251 e. The molecule has 0 saturated carbocycles. The Kier molecular flexibility index (Phi) is 6.24. The second-order valence-corrected chi connectivity index (χ2v) is 6.30. The third kappa shape index (κ3) is 5.16. The van der Waals surface area contributed by atoms with Gasteiger partial charge in [-0.3, -0.25) is 9.00 Å². The molecule has 1 rings (SSSR count). The number of aromatic nitrogens is 1. The summed E-state index contributed by atoms with van der Waals surface area (Å²) in [5, 5.41) is 5.90. The molecule has 2 atom stereocenters. The van der Waals surface area contributed by atoms with Gasteiger partial charge in [-0.05, 0) is 26.0 Å². The molecule has 1 heterocycles. The third-order valence-corrected chi connectivity index (χ3v) is 4.02. The fraction of sp³-hybridized carbons (Fsp3) is 0.500. The Labute approximate surface area is 120 Å². The van der Waals surface area contributed by atoms with Crippen LogP contribution in [0, 0.1) is 0 Å². The van der Waals surface area contributed by atoms with E-state index in [4.69, 9.17) is 11.6 Å². The molecule has 106 valence electrons. The van der Waals surface area contributed by atoms with E-state index in [0.29, 0.717) is 24.5 Å². The van der Waals surface area contributed by atoms with Gasteiger partial charge in [-0.25, -0.2) is 4.98 Å². The highest BCUT2D eigenvalue weighted by molar-refractivity contribution is 7.84. The number of nitrogens with one attached hydrogen (secondary N) is 2. The smallest absolute Gasteiger partial charge is 0.251 e. The molecule has 0 radical (unpaired) electrons. The van der Waals surface area contributed by atoms with Crippen LogP contribution in [-0.2, 0) is 10.8 Å². The van der Waals surface area contributed by atoms with Gasteiger partial charge in [-0.1, -0.05) is 11.6 Å². The van der Waals surface area contributed by atoms with Crippen LogP contribution in [0.4, 0.5) is 5.82 Å². The zero-order valence-electron chi connectivity index (χ0n) is 11.2. The predicted molar refractivity (Wildman–Crippen MR) is 79.3 cm³/mol. The predicted octanol–water partition coefficient (Wildman–Crippen LogP) is 1.66. The molecule has 5 nitrogen and oxygen atoms in total. The largest absolute Gasteiger partial charge is 0.370 e. The Balaban J connectivity index is 2.73. The lowest BCUT2D eigenvalue weighted by atomic mass is 10.2. The van der Waals surface area contributed by atoms with Gasteiger partial charge >= 0.3 is 0 Å². The van der Waals surface area contributed by atoms with Crippen LogP contribution in [0.5, 0.6) is 0 Å². The maximum atomic E-state index is 12.0. The topological polar surface area (TPSA) is 71.1 Å². The molecule has 0 aliphatic rings. The standard InChI is InChI=1S/C12H18ClN3O2S/c1-4-14-11-6-9(5-10(13)16-11)12(17)15-7-8(2)19(3)18/h5-6,8H,4,7H2,1-3H3,(H,14,16)(H,15,17). The summed E-state index contributed by atoms with van der Waals surface area (Å²) in [6, 6.07) is 3.14. The van der Waals surface area contributed by atoms with Crippen molar-refractivity contribution in [3.05, 3.63) is 22.8 Å². The highest BCUT2D eigenvalue weighted by Crippen LogP contribution is 2.14. The van der Waals surface area contributed by atoms with E-state index in [9.17, 15) is 9.00 Å². The monoisotopic (exact) mass is 303 g/mol. The lowest BCUT2D eigenvalue weighted by Gasteiger charge is -2.11. The van der Waals surface area contributed by atoms with Crippen molar-refractivity contribution < 1.29 is 9.00 Å². The second-order valence-electron chi connectivity index (χ2n) is 4.11. The van der Waals surface area contributed by atoms with E-state index in [-0.39, 0.29) is 16.3 Å². The Hall–Kier alpha value is -1.14. The normalized spacial score (nSPS) is 13.7. The molecule has 0 aliphatic carbocycles. The number of halogens is 1. The van der Waals surface area contributed by atoms with Gasteiger partial charge in [0.25, 0.3) is 5.91 Å². The number of amides is 1. The van der Waals surface area contributed by atoms with Gasteiger partial charge < -0.3 is 10.6 Å². The molecule has 0 aliphatic heterocycles. The van der Waals surface area contributed by atoms with Crippen molar-refractivity contribution in [3.63, 3.8) is 0 Å². The van der Waals surface area contributed by atoms with Crippen LogP contribution in [0.1, 0.15) is 24.2 Å². The molecule has 1 amide bonds. The zero-order valence-corrected chi connectivity index (χ0v) is 12.8. The SMILES string of the molecule is CCNc1cc(C(=O)NCC(C)S(C)=O)cc(Cl)n1. The first-order valence-electron chi connectivity index (χ1n) is 5.96. The lowest BCUT2D eigenvalue weighted by molar-refractivity contribution is 0.0954. The summed E-state index contributed by atoms with van der Waals surface area (Å²) in [5.74, 6) is 0.313. The summed E-state index contributed by atoms with van der Waals surface area (Å²) >= 11 is 5.86. The first-order valence-corrected chi connectivity index (χ1v) is 7.95. The molecule has 0 spiro atoms. The first-order chi connectivity index (χ1) is 8.93. The molecular formula is C12H18ClN3O2S. The Morgan fingerprint density at radius 2 is 2.21 bits per heavy atom. The number of nitrogens with zero attached hydrogens (tertiary/aromatic N) is 1. The van der Waals surface area contributed by atoms with Crippen LogP contribution >= 0.6 is 11.6 Å². The molecule has 1 aromatic heterocycles. The van der Waals surface area contributed by atoms with Crippen molar-refractivity contribution in [1.82, 2.24) is 10.3 Å². The number of carbonyl (C=O) groups is 1. The van der Waals surface area contributed by atoms with Gasteiger partial charge in [0.2, 0.25) is 0 Å². The molecule has 2 unspecified atom stereocenters. The van der Waals surface area contributed by atoms with Crippen LogP contribution in [0.3, 0.4) is 0 Å². The van der Waals surface area contributed by atoms with Crippen LogP contribution in [-0.4, -0.2) is 39.7 Å². The highest BCUT2D eigenvalue weighted by atomic mass is 35.5. The van der Waals surface area contributed by atoms with Crippen LogP contribution < -0.4 is 10.6 Å². The van der Waals surface area contributed by atoms with E-state index in [1.54, 1.807) is 12.3 Å². The van der Waals surface area contributed by atoms with Crippen molar-refractivity contribution in [3.8, 4) is 0 Å². The first kappa shape index (κ1) is 15.9. The molecule has 2 N–H and O–H groups in total. The van der Waals surface area contributed by atoms with E-state index in [1.807, 2.05) is 13.8 Å². The zero-order chi connectivity index (χ0) is 14.4. The van der Waals surface area contributed by atoms with Gasteiger partial charge in [-0.15, -0.1) is 0 Å². The minimum atomic E-state index is -0.960. The second kappa shape index (κ2) is 7.45. The number of anilines is 1. The van der Waals surface area contributed by atoms with E-state index in [1.165, 1.54) is 6.07 Å². The van der Waals surface area contributed by atoms with Crippen LogP contribution in [0.25, 0.3) is 0 Å². The molecule has 1 aromatic rings. The minimum Gasteiger partial charge on any atom is -0.370 e. The molecule has 0 saturated heterocycles. The summed E-state index contributed by atoms with van der Waals surface area (Å²) in [6.45, 7) is 4.80. The summed E-state index contributed by atoms with van der Waals surface area (Å²) in [5.41, 5.74) is 0.435. The number of hydrogen-bond acceptors (Lipinski definition) is 4. The Morgan fingerprint density at radius 1 is 1.53 bits per heavy atom. The van der Waals surface area contributed by atoms with Crippen molar-refractivity contribution in [1.29, 1.82) is 0 Å². The third-order valence-electron chi connectivity index (χ3n) is 2.53. The lowest BCUT2D eigenvalue weighted by Crippen LogP contribution is -2.32. The number of carbonyl (C=O) groups excluding carboxylic acids is 1. The summed E-state index contributed by atoms with van der Waals surface area (Å²) in [4.78, 5) is 16.0. The quantitative estimate of drug-likeness (QED) is 0.784. The van der Waals surface area contributed by atoms with Crippen LogP contribution in [0.15, 0.2) is 12.1 Å². The molecule has 0 bridgehead atoms. The summed E-state index contributed by atoms with van der Waals surface area (Å²) < 4.78 is 11.2. The van der Waals surface area contributed by atoms with Crippen molar-refractivity contribution in [2.24, 2.45) is 0 Å². The van der Waals surface area contributed by atoms with Crippen LogP contribution in [0.2, 0.25) is 5.15 Å².